The number of rotatable bonds is 3. The summed E-state index contributed by atoms with van der Waals surface area (Å²) in [5.74, 6) is 1.35. The number of hydrogen-bond acceptors (Lipinski definition) is 6. The Morgan fingerprint density at radius 2 is 2.18 bits per heavy atom. The molecule has 8 heteroatoms. The van der Waals surface area contributed by atoms with Gasteiger partial charge in [0.15, 0.2) is 5.82 Å². The van der Waals surface area contributed by atoms with Gasteiger partial charge in [0, 0.05) is 25.3 Å². The van der Waals surface area contributed by atoms with Crippen LogP contribution in [-0.4, -0.2) is 51.5 Å². The van der Waals surface area contributed by atoms with E-state index in [2.05, 4.69) is 32.5 Å². The van der Waals surface area contributed by atoms with Crippen LogP contribution in [-0.2, 0) is 0 Å². The first-order valence-electron chi connectivity index (χ1n) is 7.33. The number of nitrogens with zero attached hydrogens (tertiary/aromatic N) is 5. The maximum Gasteiger partial charge on any atom is 0.251 e. The van der Waals surface area contributed by atoms with Crippen molar-refractivity contribution in [3.05, 3.63) is 29.2 Å². The highest BCUT2D eigenvalue weighted by Gasteiger charge is 2.27. The Morgan fingerprint density at radius 3 is 2.82 bits per heavy atom. The number of nitrogens with one attached hydrogen (secondary N) is 1. The van der Waals surface area contributed by atoms with Gasteiger partial charge < -0.3 is 9.84 Å². The molecule has 1 aliphatic rings. The minimum atomic E-state index is -0.0539. The predicted molar refractivity (Wildman–Crippen MR) is 85.3 cm³/mol. The molecule has 0 aliphatic carbocycles. The fraction of sp³-hybridized carbons (Fsp3) is 0.643. The highest BCUT2D eigenvalue weighted by molar-refractivity contribution is 5.85. The van der Waals surface area contributed by atoms with Gasteiger partial charge in [0.25, 0.3) is 5.89 Å². The van der Waals surface area contributed by atoms with Crippen LogP contribution in [0.4, 0.5) is 0 Å². The van der Waals surface area contributed by atoms with Crippen LogP contribution in [0.5, 0.6) is 0 Å². The second kappa shape index (κ2) is 6.76. The van der Waals surface area contributed by atoms with Crippen LogP contribution in [0.15, 0.2) is 10.6 Å². The fourth-order valence-corrected chi connectivity index (χ4v) is 2.79. The number of aryl methyl sites for hydroxylation is 2. The van der Waals surface area contributed by atoms with E-state index in [1.165, 1.54) is 0 Å². The number of hydrogen-bond donors (Lipinski definition) is 1. The summed E-state index contributed by atoms with van der Waals surface area (Å²) in [7, 11) is 2.09. The zero-order valence-electron chi connectivity index (χ0n) is 13.4. The fourth-order valence-electron chi connectivity index (χ4n) is 2.79. The van der Waals surface area contributed by atoms with Gasteiger partial charge in [0.05, 0.1) is 11.7 Å². The highest BCUT2D eigenvalue weighted by Crippen LogP contribution is 2.22. The molecule has 0 aromatic carbocycles. The first-order chi connectivity index (χ1) is 10.1. The minimum absolute atomic E-state index is 0. The Labute approximate surface area is 136 Å². The van der Waals surface area contributed by atoms with E-state index in [1.807, 2.05) is 31.5 Å². The summed E-state index contributed by atoms with van der Waals surface area (Å²) in [4.78, 5) is 6.84. The van der Waals surface area contributed by atoms with E-state index >= 15 is 0 Å². The zero-order chi connectivity index (χ0) is 15.0. The van der Waals surface area contributed by atoms with Gasteiger partial charge >= 0.3 is 0 Å². The SMILES string of the molecule is Cc1cc(C)n(C(C)c2nc(C3CNCCN3C)no2)n1.Cl. The monoisotopic (exact) mass is 326 g/mol. The van der Waals surface area contributed by atoms with Crippen LogP contribution >= 0.6 is 12.4 Å². The van der Waals surface area contributed by atoms with Gasteiger partial charge in [-0.25, -0.2) is 0 Å². The summed E-state index contributed by atoms with van der Waals surface area (Å²) >= 11 is 0. The standard InChI is InChI=1S/C14H22N6O.ClH/c1-9-7-10(2)20(17-9)11(3)14-16-13(18-21-14)12-8-15-5-6-19(12)4;/h7,11-12,15H,5-6,8H2,1-4H3;1H. The lowest BCUT2D eigenvalue weighted by molar-refractivity contribution is 0.190. The second-order valence-corrected chi connectivity index (χ2v) is 5.74. The van der Waals surface area contributed by atoms with Crippen molar-refractivity contribution in [2.75, 3.05) is 26.7 Å². The molecule has 3 heterocycles. The average molecular weight is 327 g/mol. The summed E-state index contributed by atoms with van der Waals surface area (Å²) in [6.07, 6.45) is 0. The molecule has 2 unspecified atom stereocenters. The van der Waals surface area contributed by atoms with E-state index in [-0.39, 0.29) is 24.5 Å². The van der Waals surface area contributed by atoms with E-state index in [0.717, 1.165) is 36.8 Å². The molecule has 2 aromatic rings. The van der Waals surface area contributed by atoms with E-state index in [1.54, 1.807) is 0 Å². The number of likely N-dealkylation sites (N-methyl/N-ethyl adjacent to an activating group) is 1. The van der Waals surface area contributed by atoms with Crippen molar-refractivity contribution in [2.24, 2.45) is 0 Å². The molecule has 2 aromatic heterocycles. The summed E-state index contributed by atoms with van der Waals surface area (Å²) < 4.78 is 7.40. The maximum atomic E-state index is 5.47. The van der Waals surface area contributed by atoms with E-state index in [4.69, 9.17) is 4.52 Å². The van der Waals surface area contributed by atoms with Gasteiger partial charge in [-0.1, -0.05) is 5.16 Å². The molecule has 1 aliphatic heterocycles. The van der Waals surface area contributed by atoms with Crippen molar-refractivity contribution in [2.45, 2.75) is 32.9 Å². The molecule has 0 bridgehead atoms. The Bertz CT molecular complexity index is 625. The Balaban J connectivity index is 0.00000176. The highest BCUT2D eigenvalue weighted by atomic mass is 35.5. The van der Waals surface area contributed by atoms with E-state index < -0.39 is 0 Å². The van der Waals surface area contributed by atoms with Gasteiger partial charge in [-0.05, 0) is 33.9 Å². The van der Waals surface area contributed by atoms with E-state index in [9.17, 15) is 0 Å². The third kappa shape index (κ3) is 3.16. The van der Waals surface area contributed by atoms with Crippen LogP contribution < -0.4 is 5.32 Å². The van der Waals surface area contributed by atoms with Gasteiger partial charge in [-0.15, -0.1) is 12.4 Å². The van der Waals surface area contributed by atoms with Crippen molar-refractivity contribution in [1.82, 2.24) is 30.1 Å². The Hall–Kier alpha value is -1.44. The first-order valence-corrected chi connectivity index (χ1v) is 7.33. The lowest BCUT2D eigenvalue weighted by Gasteiger charge is -2.30. The first kappa shape index (κ1) is 16.9. The quantitative estimate of drug-likeness (QED) is 0.921. The molecule has 0 radical (unpaired) electrons. The molecule has 7 nitrogen and oxygen atoms in total. The third-order valence-corrected chi connectivity index (χ3v) is 4.04. The van der Waals surface area contributed by atoms with Gasteiger partial charge in [-0.2, -0.15) is 10.1 Å². The lowest BCUT2D eigenvalue weighted by Crippen LogP contribution is -2.44. The maximum absolute atomic E-state index is 5.47. The van der Waals surface area contributed by atoms with Crippen molar-refractivity contribution >= 4 is 12.4 Å². The van der Waals surface area contributed by atoms with Gasteiger partial charge in [0.1, 0.15) is 6.04 Å². The minimum Gasteiger partial charge on any atom is -0.337 e. The second-order valence-electron chi connectivity index (χ2n) is 5.74. The van der Waals surface area contributed by atoms with Gasteiger partial charge in [-0.3, -0.25) is 9.58 Å². The van der Waals surface area contributed by atoms with Gasteiger partial charge in [0.2, 0.25) is 0 Å². The Kier molecular flexibility index (Phi) is 5.20. The van der Waals surface area contributed by atoms with Crippen LogP contribution in [0.25, 0.3) is 0 Å². The normalized spacial score (nSPS) is 20.6. The summed E-state index contributed by atoms with van der Waals surface area (Å²) in [6.45, 7) is 8.88. The third-order valence-electron chi connectivity index (χ3n) is 4.04. The topological polar surface area (TPSA) is 72.0 Å². The summed E-state index contributed by atoms with van der Waals surface area (Å²) in [5.41, 5.74) is 2.09. The molecule has 0 spiro atoms. The predicted octanol–water partition coefficient (Wildman–Crippen LogP) is 1.49. The van der Waals surface area contributed by atoms with Crippen molar-refractivity contribution in [3.63, 3.8) is 0 Å². The summed E-state index contributed by atoms with van der Waals surface area (Å²) in [6, 6.07) is 2.16. The van der Waals surface area contributed by atoms with Crippen LogP contribution in [0, 0.1) is 13.8 Å². The van der Waals surface area contributed by atoms with Crippen LogP contribution in [0.2, 0.25) is 0 Å². The van der Waals surface area contributed by atoms with Crippen LogP contribution in [0.1, 0.15) is 42.1 Å². The molecule has 122 valence electrons. The average Bonchev–Trinajstić information content (AvgIpc) is 3.05. The number of aromatic nitrogens is 4. The molecule has 0 amide bonds. The lowest BCUT2D eigenvalue weighted by atomic mass is 10.2. The molecule has 1 fully saturated rings. The largest absolute Gasteiger partial charge is 0.337 e. The van der Waals surface area contributed by atoms with Crippen molar-refractivity contribution in [3.8, 4) is 0 Å². The van der Waals surface area contributed by atoms with E-state index in [0.29, 0.717) is 5.89 Å². The Morgan fingerprint density at radius 1 is 1.41 bits per heavy atom. The molecular formula is C14H23ClN6O. The van der Waals surface area contributed by atoms with Crippen molar-refractivity contribution in [1.29, 1.82) is 0 Å². The molecule has 22 heavy (non-hydrogen) atoms. The molecule has 1 saturated heterocycles. The summed E-state index contributed by atoms with van der Waals surface area (Å²) in [5, 5.41) is 12.0. The number of piperazine rings is 1. The molecule has 2 atom stereocenters. The van der Waals surface area contributed by atoms with Crippen molar-refractivity contribution < 1.29 is 4.52 Å². The smallest absolute Gasteiger partial charge is 0.251 e. The molecule has 3 rings (SSSR count). The molecular weight excluding hydrogens is 304 g/mol. The molecule has 0 saturated carbocycles. The zero-order valence-corrected chi connectivity index (χ0v) is 14.2. The molecule has 1 N–H and O–H groups in total. The number of halogens is 1. The van der Waals surface area contributed by atoms with Crippen LogP contribution in [0.3, 0.4) is 0 Å².